The number of nitrogens with one attached hydrogen (secondary N) is 3. The number of rotatable bonds is 7. The number of hydrogen-bond acceptors (Lipinski definition) is 6. The zero-order chi connectivity index (χ0) is 20.3. The molecule has 1 aliphatic carbocycles. The van der Waals surface area contributed by atoms with Crippen molar-refractivity contribution < 1.29 is 19.1 Å². The van der Waals surface area contributed by atoms with E-state index in [4.69, 9.17) is 4.84 Å². The normalized spacial score (nSPS) is 17.2. The summed E-state index contributed by atoms with van der Waals surface area (Å²) in [6.45, 7) is 3.01. The molecule has 1 unspecified atom stereocenters. The van der Waals surface area contributed by atoms with E-state index in [2.05, 4.69) is 20.8 Å². The van der Waals surface area contributed by atoms with Crippen molar-refractivity contribution >= 4 is 34.3 Å². The first-order valence-electron chi connectivity index (χ1n) is 8.77. The van der Waals surface area contributed by atoms with Crippen LogP contribution in [-0.2, 0) is 4.84 Å². The molecule has 0 aliphatic heterocycles. The summed E-state index contributed by atoms with van der Waals surface area (Å²) in [6.07, 6.45) is 9.00. The van der Waals surface area contributed by atoms with Gasteiger partial charge in [0.05, 0.1) is 23.9 Å². The number of fused-ring (bicyclic) bond motifs is 1. The number of H-pyrrole nitrogens is 1. The number of hydrogen-bond donors (Lipinski definition) is 4. The fraction of sp³-hybridized carbons (Fsp3) is 0.368. The number of anilines is 1. The number of aromatic nitrogens is 2. The zero-order valence-electron chi connectivity index (χ0n) is 15.9. The summed E-state index contributed by atoms with van der Waals surface area (Å²) >= 11 is 1.48. The van der Waals surface area contributed by atoms with Gasteiger partial charge in [-0.1, -0.05) is 6.08 Å². The maximum absolute atomic E-state index is 14.5. The van der Waals surface area contributed by atoms with Crippen LogP contribution in [-0.4, -0.2) is 45.5 Å². The van der Waals surface area contributed by atoms with Crippen LogP contribution in [0, 0.1) is 0 Å². The molecule has 0 spiro atoms. The standard InChI is InChI=1S/C19H23FN4O3S/c1-19(2,10-25)27-24-18(26)17-16(12-9-21-7-6-14(12)22-17)23-15-5-4-11(28-3)8-13(15)20/h4,6-9,15,22-23,25H,5,10H2,1-3H3,(H,24,26). The number of allylic oxidation sites excluding steroid dienone is 1. The van der Waals surface area contributed by atoms with E-state index >= 15 is 0 Å². The van der Waals surface area contributed by atoms with E-state index in [1.165, 1.54) is 17.8 Å². The number of hydroxylamine groups is 1. The molecule has 3 rings (SSSR count). The summed E-state index contributed by atoms with van der Waals surface area (Å²) in [5.41, 5.74) is 2.73. The minimum atomic E-state index is -0.936. The number of nitrogens with zero attached hydrogens (tertiary/aromatic N) is 1. The SMILES string of the molecule is CSC1=CCC(Nc2c(C(=O)NOC(C)(C)CO)[nH]c3ccncc23)C(F)=C1. The first-order valence-corrected chi connectivity index (χ1v) is 10.00. The minimum Gasteiger partial charge on any atom is -0.393 e. The van der Waals surface area contributed by atoms with Crippen LogP contribution in [0.5, 0.6) is 0 Å². The summed E-state index contributed by atoms with van der Waals surface area (Å²) in [7, 11) is 0. The fourth-order valence-electron chi connectivity index (χ4n) is 2.71. The van der Waals surface area contributed by atoms with Gasteiger partial charge in [0.1, 0.15) is 17.1 Å². The fourth-order valence-corrected chi connectivity index (χ4v) is 3.20. The van der Waals surface area contributed by atoms with Crippen LogP contribution in [0.4, 0.5) is 10.1 Å². The predicted molar refractivity (Wildman–Crippen MR) is 109 cm³/mol. The molecule has 2 heterocycles. The molecule has 150 valence electrons. The van der Waals surface area contributed by atoms with Crippen LogP contribution in [0.15, 0.2) is 41.3 Å². The molecule has 7 nitrogen and oxygen atoms in total. The van der Waals surface area contributed by atoms with Gasteiger partial charge < -0.3 is 15.4 Å². The van der Waals surface area contributed by atoms with Crippen LogP contribution in [0.1, 0.15) is 30.8 Å². The zero-order valence-corrected chi connectivity index (χ0v) is 16.7. The van der Waals surface area contributed by atoms with Crippen LogP contribution in [0.25, 0.3) is 10.9 Å². The van der Waals surface area contributed by atoms with Crippen molar-refractivity contribution in [3.8, 4) is 0 Å². The molecule has 0 radical (unpaired) electrons. The van der Waals surface area contributed by atoms with Crippen molar-refractivity contribution in [3.63, 3.8) is 0 Å². The lowest BCUT2D eigenvalue weighted by Crippen LogP contribution is -2.39. The van der Waals surface area contributed by atoms with E-state index in [1.807, 2.05) is 12.3 Å². The third-order valence-electron chi connectivity index (χ3n) is 4.35. The third kappa shape index (κ3) is 4.37. The highest BCUT2D eigenvalue weighted by molar-refractivity contribution is 8.02. The highest BCUT2D eigenvalue weighted by atomic mass is 32.2. The Morgan fingerprint density at radius 2 is 2.32 bits per heavy atom. The van der Waals surface area contributed by atoms with Gasteiger partial charge in [0.15, 0.2) is 0 Å². The smallest absolute Gasteiger partial charge is 0.293 e. The molecule has 2 aromatic rings. The molecular weight excluding hydrogens is 383 g/mol. The Balaban J connectivity index is 1.89. The topological polar surface area (TPSA) is 99.3 Å². The van der Waals surface area contributed by atoms with Crippen molar-refractivity contribution in [1.29, 1.82) is 0 Å². The van der Waals surface area contributed by atoms with E-state index in [1.54, 1.807) is 32.3 Å². The van der Waals surface area contributed by atoms with E-state index in [-0.39, 0.29) is 18.1 Å². The van der Waals surface area contributed by atoms with Gasteiger partial charge in [-0.05, 0) is 38.7 Å². The summed E-state index contributed by atoms with van der Waals surface area (Å²) < 4.78 is 14.5. The first kappa shape index (κ1) is 20.4. The van der Waals surface area contributed by atoms with Gasteiger partial charge in [0.25, 0.3) is 5.91 Å². The highest BCUT2D eigenvalue weighted by Crippen LogP contribution is 2.32. The van der Waals surface area contributed by atoms with E-state index in [9.17, 15) is 14.3 Å². The number of aliphatic hydroxyl groups is 1. The van der Waals surface area contributed by atoms with Gasteiger partial charge in [0, 0.05) is 22.7 Å². The number of thioether (sulfide) groups is 1. The second-order valence-corrected chi connectivity index (χ2v) is 7.90. The van der Waals surface area contributed by atoms with Gasteiger partial charge >= 0.3 is 0 Å². The van der Waals surface area contributed by atoms with Gasteiger partial charge in [-0.2, -0.15) is 0 Å². The molecule has 1 atom stereocenters. The van der Waals surface area contributed by atoms with Gasteiger partial charge in [-0.15, -0.1) is 11.8 Å². The van der Waals surface area contributed by atoms with Gasteiger partial charge in [-0.3, -0.25) is 14.6 Å². The van der Waals surface area contributed by atoms with Crippen molar-refractivity contribution in [2.45, 2.75) is 31.9 Å². The average Bonchev–Trinajstić information content (AvgIpc) is 3.06. The van der Waals surface area contributed by atoms with E-state index in [0.29, 0.717) is 23.0 Å². The van der Waals surface area contributed by atoms with Crippen LogP contribution >= 0.6 is 11.8 Å². The van der Waals surface area contributed by atoms with E-state index < -0.39 is 17.6 Å². The molecule has 0 bridgehead atoms. The predicted octanol–water partition coefficient (Wildman–Crippen LogP) is 3.28. The molecule has 0 saturated carbocycles. The molecule has 0 fully saturated rings. The number of amides is 1. The maximum atomic E-state index is 14.5. The Morgan fingerprint density at radius 3 is 3.00 bits per heavy atom. The lowest BCUT2D eigenvalue weighted by molar-refractivity contribution is -0.0957. The van der Waals surface area contributed by atoms with Gasteiger partial charge in [-0.25, -0.2) is 9.87 Å². The maximum Gasteiger partial charge on any atom is 0.293 e. The first-order chi connectivity index (χ1) is 13.3. The molecule has 1 aliphatic rings. The molecule has 28 heavy (non-hydrogen) atoms. The Labute approximate surface area is 166 Å². The molecule has 4 N–H and O–H groups in total. The Kier molecular flexibility index (Phi) is 6.07. The number of halogens is 1. The number of pyridine rings is 1. The summed E-state index contributed by atoms with van der Waals surface area (Å²) in [4.78, 5) is 26.0. The molecular formula is C19H23FN4O3S. The van der Waals surface area contributed by atoms with Crippen molar-refractivity contribution in [1.82, 2.24) is 15.4 Å². The summed E-state index contributed by atoms with van der Waals surface area (Å²) in [5, 5.41) is 13.1. The molecule has 2 aromatic heterocycles. The highest BCUT2D eigenvalue weighted by Gasteiger charge is 2.26. The lowest BCUT2D eigenvalue weighted by Gasteiger charge is -2.23. The van der Waals surface area contributed by atoms with E-state index in [0.717, 1.165) is 4.91 Å². The average molecular weight is 406 g/mol. The number of aromatic amines is 1. The van der Waals surface area contributed by atoms with Crippen molar-refractivity contribution in [3.05, 3.63) is 47.0 Å². The second kappa shape index (κ2) is 8.34. The third-order valence-corrected chi connectivity index (χ3v) is 5.11. The lowest BCUT2D eigenvalue weighted by atomic mass is 10.1. The Hall–Kier alpha value is -2.36. The van der Waals surface area contributed by atoms with Gasteiger partial charge in [0.2, 0.25) is 0 Å². The van der Waals surface area contributed by atoms with Crippen molar-refractivity contribution in [2.24, 2.45) is 0 Å². The quantitative estimate of drug-likeness (QED) is 0.527. The largest absolute Gasteiger partial charge is 0.393 e. The molecule has 9 heteroatoms. The minimum absolute atomic E-state index is 0.198. The van der Waals surface area contributed by atoms with Crippen LogP contribution in [0.3, 0.4) is 0 Å². The number of carbonyl (C=O) groups excluding carboxylic acids is 1. The number of carbonyl (C=O) groups is 1. The second-order valence-electron chi connectivity index (χ2n) is 7.02. The summed E-state index contributed by atoms with van der Waals surface area (Å²) in [5.74, 6) is -0.838. The Morgan fingerprint density at radius 1 is 1.54 bits per heavy atom. The number of aliphatic hydroxyl groups excluding tert-OH is 1. The molecule has 0 aromatic carbocycles. The van der Waals surface area contributed by atoms with Crippen LogP contribution < -0.4 is 10.8 Å². The Bertz CT molecular complexity index is 938. The monoisotopic (exact) mass is 406 g/mol. The summed E-state index contributed by atoms with van der Waals surface area (Å²) in [6, 6.07) is 1.14. The molecule has 1 amide bonds. The van der Waals surface area contributed by atoms with Crippen molar-refractivity contribution in [2.75, 3.05) is 18.2 Å². The molecule has 0 saturated heterocycles. The van der Waals surface area contributed by atoms with Crippen LogP contribution in [0.2, 0.25) is 0 Å².